The van der Waals surface area contributed by atoms with Crippen molar-refractivity contribution in [3.05, 3.63) is 63.3 Å². The number of ether oxygens (including phenoxy) is 1. The third-order valence-electron chi connectivity index (χ3n) is 2.71. The van der Waals surface area contributed by atoms with Crippen molar-refractivity contribution in [3.8, 4) is 5.75 Å². The number of benzene rings is 2. The standard InChI is InChI=1S/C15H11BrClFO2/c1-9(15(19)10-5-3-2-4-6-10)20-14-8-13(18)12(17)7-11(14)16/h2-9H,1H3. The van der Waals surface area contributed by atoms with Gasteiger partial charge >= 0.3 is 0 Å². The molecule has 0 spiro atoms. The minimum atomic E-state index is -0.728. The fourth-order valence-corrected chi connectivity index (χ4v) is 2.41. The molecule has 0 radical (unpaired) electrons. The molecule has 0 bridgehead atoms. The topological polar surface area (TPSA) is 26.3 Å². The number of rotatable bonds is 4. The van der Waals surface area contributed by atoms with Crippen molar-refractivity contribution < 1.29 is 13.9 Å². The number of halogens is 3. The van der Waals surface area contributed by atoms with E-state index in [2.05, 4.69) is 15.9 Å². The van der Waals surface area contributed by atoms with E-state index < -0.39 is 11.9 Å². The van der Waals surface area contributed by atoms with Crippen LogP contribution in [0, 0.1) is 5.82 Å². The maximum atomic E-state index is 13.4. The Labute approximate surface area is 129 Å². The molecule has 0 saturated carbocycles. The van der Waals surface area contributed by atoms with E-state index in [1.807, 2.05) is 6.07 Å². The van der Waals surface area contributed by atoms with Crippen LogP contribution in [0.2, 0.25) is 5.02 Å². The zero-order valence-electron chi connectivity index (χ0n) is 10.6. The van der Waals surface area contributed by atoms with Gasteiger partial charge in [-0.3, -0.25) is 4.79 Å². The Morgan fingerprint density at radius 3 is 2.60 bits per heavy atom. The van der Waals surface area contributed by atoms with Crippen molar-refractivity contribution in [2.45, 2.75) is 13.0 Å². The Hall–Kier alpha value is -1.39. The van der Waals surface area contributed by atoms with E-state index >= 15 is 0 Å². The van der Waals surface area contributed by atoms with Gasteiger partial charge in [0.1, 0.15) is 11.6 Å². The molecule has 0 aliphatic carbocycles. The first kappa shape index (κ1) is 15.0. The summed E-state index contributed by atoms with van der Waals surface area (Å²) in [5.41, 5.74) is 0.547. The van der Waals surface area contributed by atoms with E-state index in [1.165, 1.54) is 6.07 Å². The quantitative estimate of drug-likeness (QED) is 0.575. The Kier molecular flexibility index (Phi) is 4.78. The van der Waals surface area contributed by atoms with Crippen LogP contribution >= 0.6 is 27.5 Å². The smallest absolute Gasteiger partial charge is 0.202 e. The van der Waals surface area contributed by atoms with Crippen LogP contribution in [-0.4, -0.2) is 11.9 Å². The van der Waals surface area contributed by atoms with E-state index in [1.54, 1.807) is 31.2 Å². The van der Waals surface area contributed by atoms with Crippen molar-refractivity contribution in [2.24, 2.45) is 0 Å². The monoisotopic (exact) mass is 356 g/mol. The Morgan fingerprint density at radius 2 is 1.95 bits per heavy atom. The van der Waals surface area contributed by atoms with Crippen molar-refractivity contribution in [2.75, 3.05) is 0 Å². The summed E-state index contributed by atoms with van der Waals surface area (Å²) in [5.74, 6) is -0.527. The summed E-state index contributed by atoms with van der Waals surface area (Å²) in [6, 6.07) is 11.3. The molecule has 0 N–H and O–H groups in total. The van der Waals surface area contributed by atoms with E-state index in [0.717, 1.165) is 6.07 Å². The normalized spacial score (nSPS) is 12.0. The fraction of sp³-hybridized carbons (Fsp3) is 0.133. The van der Waals surface area contributed by atoms with Gasteiger partial charge in [-0.2, -0.15) is 0 Å². The predicted molar refractivity (Wildman–Crippen MR) is 80.0 cm³/mol. The zero-order valence-corrected chi connectivity index (χ0v) is 12.9. The highest BCUT2D eigenvalue weighted by Gasteiger charge is 2.18. The number of carbonyl (C=O) groups excluding carboxylic acids is 1. The molecule has 0 saturated heterocycles. The van der Waals surface area contributed by atoms with Gasteiger partial charge in [-0.1, -0.05) is 41.9 Å². The molecule has 0 aliphatic heterocycles. The maximum absolute atomic E-state index is 13.4. The second kappa shape index (κ2) is 6.37. The lowest BCUT2D eigenvalue weighted by molar-refractivity contribution is 0.0816. The molecule has 0 heterocycles. The molecule has 0 aromatic heterocycles. The summed E-state index contributed by atoms with van der Waals surface area (Å²) >= 11 is 8.88. The molecule has 1 unspecified atom stereocenters. The van der Waals surface area contributed by atoms with E-state index in [4.69, 9.17) is 16.3 Å². The summed E-state index contributed by atoms with van der Waals surface area (Å²) < 4.78 is 19.4. The average molecular weight is 358 g/mol. The van der Waals surface area contributed by atoms with Gasteiger partial charge in [0, 0.05) is 11.6 Å². The van der Waals surface area contributed by atoms with Gasteiger partial charge in [0.25, 0.3) is 0 Å². The van der Waals surface area contributed by atoms with Crippen LogP contribution in [0.25, 0.3) is 0 Å². The zero-order chi connectivity index (χ0) is 14.7. The molecule has 20 heavy (non-hydrogen) atoms. The third kappa shape index (κ3) is 3.38. The van der Waals surface area contributed by atoms with Crippen LogP contribution in [0.1, 0.15) is 17.3 Å². The van der Waals surface area contributed by atoms with Gasteiger partial charge in [0.15, 0.2) is 6.10 Å². The molecule has 2 aromatic rings. The van der Waals surface area contributed by atoms with Gasteiger partial charge in [-0.25, -0.2) is 4.39 Å². The Balaban J connectivity index is 2.18. The van der Waals surface area contributed by atoms with Crippen molar-refractivity contribution in [3.63, 3.8) is 0 Å². The Bertz CT molecular complexity index is 631. The Morgan fingerprint density at radius 1 is 1.30 bits per heavy atom. The van der Waals surface area contributed by atoms with Crippen LogP contribution in [0.15, 0.2) is 46.9 Å². The summed E-state index contributed by atoms with van der Waals surface area (Å²) in [7, 11) is 0. The minimum absolute atomic E-state index is 0.00809. The fourth-order valence-electron chi connectivity index (χ4n) is 1.68. The van der Waals surface area contributed by atoms with Crippen molar-refractivity contribution >= 4 is 33.3 Å². The van der Waals surface area contributed by atoms with Gasteiger partial charge in [0.2, 0.25) is 5.78 Å². The predicted octanol–water partition coefficient (Wildman–Crippen LogP) is 4.89. The molecule has 0 fully saturated rings. The molecule has 2 nitrogen and oxygen atoms in total. The molecule has 2 rings (SSSR count). The van der Waals surface area contributed by atoms with Gasteiger partial charge in [-0.05, 0) is 28.9 Å². The number of carbonyl (C=O) groups is 1. The molecular weight excluding hydrogens is 347 g/mol. The largest absolute Gasteiger partial charge is 0.481 e. The van der Waals surface area contributed by atoms with E-state index in [0.29, 0.717) is 10.0 Å². The second-order valence-corrected chi connectivity index (χ2v) is 5.45. The highest BCUT2D eigenvalue weighted by atomic mass is 79.9. The lowest BCUT2D eigenvalue weighted by Gasteiger charge is -2.15. The van der Waals surface area contributed by atoms with Gasteiger partial charge in [-0.15, -0.1) is 0 Å². The summed E-state index contributed by atoms with van der Waals surface area (Å²) in [5, 5.41) is -0.00809. The number of hydrogen-bond donors (Lipinski definition) is 0. The molecule has 0 aliphatic rings. The summed E-state index contributed by atoms with van der Waals surface area (Å²) in [6.45, 7) is 1.62. The highest BCUT2D eigenvalue weighted by Crippen LogP contribution is 2.31. The SMILES string of the molecule is CC(Oc1cc(F)c(Cl)cc1Br)C(=O)c1ccccc1. The van der Waals surface area contributed by atoms with Crippen molar-refractivity contribution in [1.29, 1.82) is 0 Å². The van der Waals surface area contributed by atoms with Gasteiger partial charge in [0.05, 0.1) is 9.50 Å². The van der Waals surface area contributed by atoms with E-state index in [9.17, 15) is 9.18 Å². The van der Waals surface area contributed by atoms with Crippen LogP contribution < -0.4 is 4.74 Å². The first-order valence-electron chi connectivity index (χ1n) is 5.89. The van der Waals surface area contributed by atoms with Gasteiger partial charge < -0.3 is 4.74 Å². The van der Waals surface area contributed by atoms with Crippen LogP contribution in [0.5, 0.6) is 5.75 Å². The first-order chi connectivity index (χ1) is 9.49. The maximum Gasteiger partial charge on any atom is 0.202 e. The van der Waals surface area contributed by atoms with Crippen LogP contribution in [0.4, 0.5) is 4.39 Å². The third-order valence-corrected chi connectivity index (χ3v) is 3.62. The summed E-state index contributed by atoms with van der Waals surface area (Å²) in [6.07, 6.45) is -0.728. The molecule has 1 atom stereocenters. The lowest BCUT2D eigenvalue weighted by Crippen LogP contribution is -2.24. The van der Waals surface area contributed by atoms with Crippen molar-refractivity contribution in [1.82, 2.24) is 0 Å². The molecule has 5 heteroatoms. The number of Topliss-reactive ketones (excluding diaryl/α,β-unsaturated/α-hetero) is 1. The molecule has 104 valence electrons. The number of ketones is 1. The van der Waals surface area contributed by atoms with Crippen LogP contribution in [0.3, 0.4) is 0 Å². The molecular formula is C15H11BrClFO2. The second-order valence-electron chi connectivity index (χ2n) is 4.19. The highest BCUT2D eigenvalue weighted by molar-refractivity contribution is 9.10. The van der Waals surface area contributed by atoms with E-state index in [-0.39, 0.29) is 16.6 Å². The first-order valence-corrected chi connectivity index (χ1v) is 7.06. The average Bonchev–Trinajstić information content (AvgIpc) is 2.44. The molecule has 2 aromatic carbocycles. The van der Waals surface area contributed by atoms with Crippen LogP contribution in [-0.2, 0) is 0 Å². The summed E-state index contributed by atoms with van der Waals surface area (Å²) in [4.78, 5) is 12.2. The lowest BCUT2D eigenvalue weighted by atomic mass is 10.1. The number of hydrogen-bond acceptors (Lipinski definition) is 2. The molecule has 0 amide bonds. The minimum Gasteiger partial charge on any atom is -0.481 e.